The van der Waals surface area contributed by atoms with Crippen LogP contribution in [0, 0.1) is 5.92 Å². The molecule has 5 rings (SSSR count). The molecule has 1 aliphatic heterocycles. The van der Waals surface area contributed by atoms with E-state index in [0.29, 0.717) is 48.8 Å². The first-order valence-corrected chi connectivity index (χ1v) is 12.9. The molecule has 2 N–H and O–H groups in total. The largest absolute Gasteiger partial charge is 0.484 e. The second kappa shape index (κ2) is 10.5. The van der Waals surface area contributed by atoms with Gasteiger partial charge in [0.25, 0.3) is 11.8 Å². The molecule has 1 fully saturated rings. The minimum absolute atomic E-state index is 0.148. The third kappa shape index (κ3) is 6.45. The number of amides is 2. The van der Waals surface area contributed by atoms with Crippen LogP contribution in [0.1, 0.15) is 57.8 Å². The number of halogens is 3. The second-order valence-electron chi connectivity index (χ2n) is 9.33. The van der Waals surface area contributed by atoms with E-state index in [0.717, 1.165) is 23.5 Å². The van der Waals surface area contributed by atoms with Crippen LogP contribution in [0.15, 0.2) is 29.6 Å². The number of carbonyl (C=O) groups is 2. The number of carbonyl (C=O) groups excluding carboxylic acids is 2. The van der Waals surface area contributed by atoms with Gasteiger partial charge in [0.05, 0.1) is 5.69 Å². The summed E-state index contributed by atoms with van der Waals surface area (Å²) in [5.41, 5.74) is 1.94. The molecule has 0 spiro atoms. The number of fused-ring (bicyclic) bond motifs is 1. The van der Waals surface area contributed by atoms with Gasteiger partial charge in [0.15, 0.2) is 12.3 Å². The van der Waals surface area contributed by atoms with E-state index in [-0.39, 0.29) is 23.4 Å². The number of hydrogen-bond acceptors (Lipinski definition) is 7. The molecule has 9 nitrogen and oxygen atoms in total. The van der Waals surface area contributed by atoms with E-state index in [1.807, 2.05) is 6.07 Å². The summed E-state index contributed by atoms with van der Waals surface area (Å²) in [4.78, 5) is 25.8. The third-order valence-corrected chi connectivity index (χ3v) is 6.88. The van der Waals surface area contributed by atoms with Gasteiger partial charge in [-0.3, -0.25) is 9.59 Å². The Bertz CT molecular complexity index is 1270. The van der Waals surface area contributed by atoms with Gasteiger partial charge < -0.3 is 15.4 Å². The Morgan fingerprint density at radius 2 is 2.11 bits per heavy atom. The zero-order valence-corrected chi connectivity index (χ0v) is 20.6. The zero-order valence-electron chi connectivity index (χ0n) is 19.8. The minimum Gasteiger partial charge on any atom is -0.484 e. The molecule has 3 aromatic rings. The molecule has 2 aromatic heterocycles. The Hall–Kier alpha value is -3.48. The van der Waals surface area contributed by atoms with Crippen molar-refractivity contribution in [3.8, 4) is 5.75 Å². The summed E-state index contributed by atoms with van der Waals surface area (Å²) in [6.07, 6.45) is 0.442. The molecule has 0 radical (unpaired) electrons. The SMILES string of the molecule is O=C(Nc1c2c(nn1CCC1CC1)C[C@H](CCc1cccc(OCC(F)(F)F)c1)NC2=O)c1csnn1. The number of hydrogen-bond donors (Lipinski definition) is 2. The highest BCUT2D eigenvalue weighted by atomic mass is 32.1. The van der Waals surface area contributed by atoms with Crippen LogP contribution >= 0.6 is 11.5 Å². The topological polar surface area (TPSA) is 111 Å². The van der Waals surface area contributed by atoms with Gasteiger partial charge in [0.2, 0.25) is 0 Å². The van der Waals surface area contributed by atoms with Gasteiger partial charge in [-0.15, -0.1) is 5.10 Å². The highest BCUT2D eigenvalue weighted by molar-refractivity contribution is 7.03. The lowest BCUT2D eigenvalue weighted by atomic mass is 9.96. The van der Waals surface area contributed by atoms with Crippen molar-refractivity contribution in [2.75, 3.05) is 11.9 Å². The average Bonchev–Trinajstić information content (AvgIpc) is 3.38. The molecule has 37 heavy (non-hydrogen) atoms. The molecule has 0 unspecified atom stereocenters. The third-order valence-electron chi connectivity index (χ3n) is 6.38. The maximum atomic E-state index is 13.1. The maximum absolute atomic E-state index is 13.1. The van der Waals surface area contributed by atoms with Crippen LogP contribution < -0.4 is 15.4 Å². The van der Waals surface area contributed by atoms with Crippen molar-refractivity contribution in [3.05, 3.63) is 52.2 Å². The van der Waals surface area contributed by atoms with E-state index in [1.54, 1.807) is 16.8 Å². The number of nitrogens with zero attached hydrogens (tertiary/aromatic N) is 4. The lowest BCUT2D eigenvalue weighted by Gasteiger charge is -2.23. The number of alkyl halides is 3. The predicted octanol–water partition coefficient (Wildman–Crippen LogP) is 4.02. The summed E-state index contributed by atoms with van der Waals surface area (Å²) in [5.74, 6) is 0.378. The summed E-state index contributed by atoms with van der Waals surface area (Å²) < 4.78 is 47.6. The summed E-state index contributed by atoms with van der Waals surface area (Å²) in [6, 6.07) is 6.31. The Kier molecular flexibility index (Phi) is 7.13. The summed E-state index contributed by atoms with van der Waals surface area (Å²) in [5, 5.41) is 15.8. The van der Waals surface area contributed by atoms with Gasteiger partial charge >= 0.3 is 6.18 Å². The average molecular weight is 535 g/mol. The van der Waals surface area contributed by atoms with Gasteiger partial charge in [-0.25, -0.2) is 4.68 Å². The Morgan fingerprint density at radius 1 is 1.27 bits per heavy atom. The fraction of sp³-hybridized carbons (Fsp3) is 0.458. The minimum atomic E-state index is -4.41. The van der Waals surface area contributed by atoms with Crippen LogP contribution in [0.5, 0.6) is 5.75 Å². The van der Waals surface area contributed by atoms with E-state index < -0.39 is 18.7 Å². The molecule has 0 bridgehead atoms. The lowest BCUT2D eigenvalue weighted by Crippen LogP contribution is -2.41. The van der Waals surface area contributed by atoms with E-state index in [9.17, 15) is 22.8 Å². The smallest absolute Gasteiger partial charge is 0.422 e. The van der Waals surface area contributed by atoms with Crippen LogP contribution in [0.3, 0.4) is 0 Å². The van der Waals surface area contributed by atoms with Crippen molar-refractivity contribution in [2.45, 2.75) is 57.3 Å². The molecule has 1 saturated carbocycles. The predicted molar refractivity (Wildman–Crippen MR) is 129 cm³/mol. The molecular weight excluding hydrogens is 509 g/mol. The van der Waals surface area contributed by atoms with Crippen molar-refractivity contribution in [2.24, 2.45) is 5.92 Å². The number of nitrogens with one attached hydrogen (secondary N) is 2. The first kappa shape index (κ1) is 25.2. The normalized spacial score (nSPS) is 17.3. The molecule has 1 aliphatic carbocycles. The molecule has 2 amide bonds. The number of rotatable bonds is 10. The molecule has 13 heteroatoms. The van der Waals surface area contributed by atoms with E-state index in [2.05, 4.69) is 25.3 Å². The molecule has 0 saturated heterocycles. The second-order valence-corrected chi connectivity index (χ2v) is 9.94. The van der Waals surface area contributed by atoms with Crippen LogP contribution in [0.25, 0.3) is 0 Å². The standard InChI is InChI=1S/C24H25F3N6O3S/c25-24(26,27)13-36-17-3-1-2-15(10-17)6-7-16-11-18-20(23(35)28-16)21(29-22(34)19-12-37-32-30-19)33(31-18)9-8-14-4-5-14/h1-3,10,12,14,16H,4-9,11,13H2,(H,28,35)(H,29,34)/t16-/m0/s1. The van der Waals surface area contributed by atoms with Gasteiger partial charge in [0, 0.05) is 24.4 Å². The van der Waals surface area contributed by atoms with Crippen molar-refractivity contribution in [1.82, 2.24) is 24.7 Å². The van der Waals surface area contributed by atoms with Crippen LogP contribution in [-0.2, 0) is 19.4 Å². The lowest BCUT2D eigenvalue weighted by molar-refractivity contribution is -0.153. The highest BCUT2D eigenvalue weighted by Gasteiger charge is 2.33. The molecule has 2 aliphatic rings. The number of benzene rings is 1. The molecule has 1 atom stereocenters. The highest BCUT2D eigenvalue weighted by Crippen LogP contribution is 2.34. The fourth-order valence-corrected chi connectivity index (χ4v) is 4.78. The van der Waals surface area contributed by atoms with E-state index in [1.165, 1.54) is 24.3 Å². The van der Waals surface area contributed by atoms with Gasteiger partial charge in [-0.2, -0.15) is 18.3 Å². The molecule has 1 aromatic carbocycles. The van der Waals surface area contributed by atoms with Crippen molar-refractivity contribution < 1.29 is 27.5 Å². The number of ether oxygens (including phenoxy) is 1. The number of aromatic nitrogens is 4. The fourth-order valence-electron chi connectivity index (χ4n) is 4.34. The van der Waals surface area contributed by atoms with Crippen LogP contribution in [-0.4, -0.2) is 50.0 Å². The van der Waals surface area contributed by atoms with Crippen molar-refractivity contribution in [3.63, 3.8) is 0 Å². The Morgan fingerprint density at radius 3 is 2.84 bits per heavy atom. The number of anilines is 1. The van der Waals surface area contributed by atoms with E-state index in [4.69, 9.17) is 4.74 Å². The summed E-state index contributed by atoms with van der Waals surface area (Å²) in [6.45, 7) is -0.759. The Labute approximate surface area is 214 Å². The Balaban J connectivity index is 1.27. The first-order chi connectivity index (χ1) is 17.7. The van der Waals surface area contributed by atoms with Gasteiger partial charge in [0.1, 0.15) is 17.1 Å². The monoisotopic (exact) mass is 534 g/mol. The molecule has 3 heterocycles. The van der Waals surface area contributed by atoms with Gasteiger partial charge in [-0.05, 0) is 54.4 Å². The first-order valence-electron chi connectivity index (χ1n) is 12.0. The molecular formula is C24H25F3N6O3S. The van der Waals surface area contributed by atoms with Gasteiger partial charge in [-0.1, -0.05) is 29.5 Å². The quantitative estimate of drug-likeness (QED) is 0.407. The van der Waals surface area contributed by atoms with Crippen molar-refractivity contribution in [1.29, 1.82) is 0 Å². The van der Waals surface area contributed by atoms with E-state index >= 15 is 0 Å². The van der Waals surface area contributed by atoms with Crippen LogP contribution in [0.4, 0.5) is 19.0 Å². The van der Waals surface area contributed by atoms with Crippen molar-refractivity contribution >= 4 is 29.2 Å². The number of aryl methyl sites for hydroxylation is 2. The molecule has 196 valence electrons. The summed E-state index contributed by atoms with van der Waals surface area (Å²) in [7, 11) is 0. The maximum Gasteiger partial charge on any atom is 0.422 e. The van der Waals surface area contributed by atoms with Crippen LogP contribution in [0.2, 0.25) is 0 Å². The summed E-state index contributed by atoms with van der Waals surface area (Å²) >= 11 is 1.06. The zero-order chi connectivity index (χ0) is 26.0.